The van der Waals surface area contributed by atoms with Crippen LogP contribution in [0.25, 0.3) is 0 Å². The van der Waals surface area contributed by atoms with Crippen molar-refractivity contribution in [3.05, 3.63) is 12.2 Å². The van der Waals surface area contributed by atoms with Gasteiger partial charge >= 0.3 is 0 Å². The quantitative estimate of drug-likeness (QED) is 0.581. The Morgan fingerprint density at radius 3 is 2.70 bits per heavy atom. The molecule has 0 saturated heterocycles. The molecule has 0 aromatic heterocycles. The van der Waals surface area contributed by atoms with Crippen LogP contribution in [0.1, 0.15) is 19.8 Å². The first-order valence-corrected chi connectivity index (χ1v) is 3.56. The molecule has 0 fully saturated rings. The Hall–Kier alpha value is -0.630. The van der Waals surface area contributed by atoms with Crippen molar-refractivity contribution in [2.75, 3.05) is 13.6 Å². The van der Waals surface area contributed by atoms with Crippen molar-refractivity contribution >= 4 is 5.78 Å². The molecule has 0 aromatic carbocycles. The summed E-state index contributed by atoms with van der Waals surface area (Å²) in [5.74, 6) is 0.258. The number of rotatable bonds is 5. The monoisotopic (exact) mass is 141 g/mol. The number of nitrogens with one attached hydrogen (secondary N) is 1. The second-order valence-electron chi connectivity index (χ2n) is 2.27. The summed E-state index contributed by atoms with van der Waals surface area (Å²) in [6.07, 6.45) is 5.60. The molecule has 0 heterocycles. The second kappa shape index (κ2) is 6.49. The fourth-order valence-electron chi connectivity index (χ4n) is 0.606. The topological polar surface area (TPSA) is 29.1 Å². The van der Waals surface area contributed by atoms with Crippen LogP contribution >= 0.6 is 0 Å². The van der Waals surface area contributed by atoms with Crippen molar-refractivity contribution < 1.29 is 4.79 Å². The molecule has 0 atom stereocenters. The first-order chi connectivity index (χ1) is 4.77. The van der Waals surface area contributed by atoms with Crippen molar-refractivity contribution in [1.29, 1.82) is 0 Å². The van der Waals surface area contributed by atoms with Crippen molar-refractivity contribution in [3.8, 4) is 0 Å². The van der Waals surface area contributed by atoms with Gasteiger partial charge in [-0.05, 0) is 20.4 Å². The van der Waals surface area contributed by atoms with E-state index in [-0.39, 0.29) is 5.78 Å². The highest BCUT2D eigenvalue weighted by Gasteiger charge is 1.87. The normalized spacial score (nSPS) is 10.6. The minimum Gasteiger partial charge on any atom is -0.316 e. The van der Waals surface area contributed by atoms with Crippen LogP contribution in [-0.2, 0) is 4.79 Å². The van der Waals surface area contributed by atoms with Crippen LogP contribution in [-0.4, -0.2) is 19.4 Å². The van der Waals surface area contributed by atoms with Crippen LogP contribution < -0.4 is 5.32 Å². The maximum Gasteiger partial charge on any atom is 0.130 e. The number of carbonyl (C=O) groups is 1. The summed E-state index contributed by atoms with van der Waals surface area (Å²) < 4.78 is 0. The lowest BCUT2D eigenvalue weighted by molar-refractivity contribution is -0.116. The lowest BCUT2D eigenvalue weighted by Crippen LogP contribution is -2.03. The van der Waals surface area contributed by atoms with Crippen LogP contribution in [0.5, 0.6) is 0 Å². The highest BCUT2D eigenvalue weighted by Crippen LogP contribution is 1.90. The van der Waals surface area contributed by atoms with Crippen LogP contribution in [0.15, 0.2) is 12.2 Å². The predicted molar refractivity (Wildman–Crippen MR) is 43.0 cm³/mol. The van der Waals surface area contributed by atoms with Crippen molar-refractivity contribution in [2.45, 2.75) is 19.8 Å². The van der Waals surface area contributed by atoms with Gasteiger partial charge in [0, 0.05) is 13.0 Å². The number of likely N-dealkylation sites (N-methyl/N-ethyl adjacent to an activating group) is 1. The molecule has 1 N–H and O–H groups in total. The molecule has 0 aliphatic carbocycles. The molecular weight excluding hydrogens is 126 g/mol. The second-order valence-corrected chi connectivity index (χ2v) is 2.27. The van der Waals surface area contributed by atoms with E-state index < -0.39 is 0 Å². The maximum absolute atomic E-state index is 10.4. The molecule has 2 heteroatoms. The van der Waals surface area contributed by atoms with E-state index in [0.29, 0.717) is 6.42 Å². The molecule has 0 aliphatic rings. The third kappa shape index (κ3) is 7.37. The van der Waals surface area contributed by atoms with Gasteiger partial charge in [0.1, 0.15) is 5.78 Å². The van der Waals surface area contributed by atoms with Crippen molar-refractivity contribution in [2.24, 2.45) is 0 Å². The zero-order valence-corrected chi connectivity index (χ0v) is 6.68. The first-order valence-electron chi connectivity index (χ1n) is 3.56. The minimum atomic E-state index is 0.258. The Morgan fingerprint density at radius 2 is 2.20 bits per heavy atom. The Bertz CT molecular complexity index is 118. The highest BCUT2D eigenvalue weighted by atomic mass is 16.1. The van der Waals surface area contributed by atoms with E-state index in [9.17, 15) is 4.79 Å². The fourth-order valence-corrected chi connectivity index (χ4v) is 0.606. The van der Waals surface area contributed by atoms with E-state index in [1.165, 1.54) is 0 Å². The van der Waals surface area contributed by atoms with Gasteiger partial charge in [0.2, 0.25) is 0 Å². The van der Waals surface area contributed by atoms with Gasteiger partial charge in [-0.15, -0.1) is 0 Å². The third-order valence-electron chi connectivity index (χ3n) is 1.15. The number of hydrogen-bond acceptors (Lipinski definition) is 2. The Labute approximate surface area is 62.3 Å². The molecule has 0 saturated carbocycles. The number of hydrogen-bond donors (Lipinski definition) is 1. The number of Topliss-reactive ketones (excluding diaryl/α,β-unsaturated/α-hetero) is 1. The predicted octanol–water partition coefficient (Wildman–Crippen LogP) is 1.13. The van der Waals surface area contributed by atoms with Gasteiger partial charge in [0.05, 0.1) is 0 Å². The molecule has 0 aliphatic heterocycles. The van der Waals surface area contributed by atoms with Crippen molar-refractivity contribution in [1.82, 2.24) is 5.32 Å². The van der Waals surface area contributed by atoms with E-state index in [0.717, 1.165) is 13.0 Å². The van der Waals surface area contributed by atoms with Crippen LogP contribution in [0.3, 0.4) is 0 Å². The summed E-state index contributed by atoms with van der Waals surface area (Å²) in [6, 6.07) is 0. The average molecular weight is 141 g/mol. The van der Waals surface area contributed by atoms with E-state index in [1.807, 2.05) is 19.2 Å². The zero-order valence-electron chi connectivity index (χ0n) is 6.68. The third-order valence-corrected chi connectivity index (χ3v) is 1.15. The summed E-state index contributed by atoms with van der Waals surface area (Å²) in [5, 5.41) is 2.98. The Kier molecular flexibility index (Phi) is 6.08. The Morgan fingerprint density at radius 1 is 1.50 bits per heavy atom. The lowest BCUT2D eigenvalue weighted by Gasteiger charge is -1.88. The summed E-state index contributed by atoms with van der Waals surface area (Å²) in [4.78, 5) is 10.4. The summed E-state index contributed by atoms with van der Waals surface area (Å²) in [7, 11) is 1.90. The minimum absolute atomic E-state index is 0.258. The standard InChI is InChI=1S/C8H15NO/c1-8(10)6-4-3-5-7-9-2/h3,5,9H,4,6-7H2,1-2H3/b5-3-. The van der Waals surface area contributed by atoms with Crippen LogP contribution in [0.4, 0.5) is 0 Å². The van der Waals surface area contributed by atoms with E-state index in [1.54, 1.807) is 6.92 Å². The Balaban J connectivity index is 3.10. The molecule has 0 bridgehead atoms. The van der Waals surface area contributed by atoms with Gasteiger partial charge in [-0.25, -0.2) is 0 Å². The molecule has 10 heavy (non-hydrogen) atoms. The highest BCUT2D eigenvalue weighted by molar-refractivity contribution is 5.75. The lowest BCUT2D eigenvalue weighted by atomic mass is 10.2. The molecule has 0 radical (unpaired) electrons. The molecule has 0 rings (SSSR count). The maximum atomic E-state index is 10.4. The summed E-state index contributed by atoms with van der Waals surface area (Å²) in [6.45, 7) is 2.50. The largest absolute Gasteiger partial charge is 0.316 e. The van der Waals surface area contributed by atoms with E-state index >= 15 is 0 Å². The van der Waals surface area contributed by atoms with Crippen molar-refractivity contribution in [3.63, 3.8) is 0 Å². The first kappa shape index (κ1) is 9.37. The smallest absolute Gasteiger partial charge is 0.130 e. The average Bonchev–Trinajstić information content (AvgIpc) is 1.87. The number of carbonyl (C=O) groups excluding carboxylic acids is 1. The van der Waals surface area contributed by atoms with E-state index in [4.69, 9.17) is 0 Å². The SMILES string of the molecule is CNC/C=C\CCC(C)=O. The molecule has 0 amide bonds. The molecule has 2 nitrogen and oxygen atoms in total. The summed E-state index contributed by atoms with van der Waals surface area (Å²) in [5.41, 5.74) is 0. The molecule has 0 spiro atoms. The molecule has 0 unspecified atom stereocenters. The molecule has 0 aromatic rings. The van der Waals surface area contributed by atoms with Gasteiger partial charge in [-0.1, -0.05) is 12.2 Å². The van der Waals surface area contributed by atoms with Gasteiger partial charge in [-0.2, -0.15) is 0 Å². The number of ketones is 1. The van der Waals surface area contributed by atoms with Crippen LogP contribution in [0, 0.1) is 0 Å². The van der Waals surface area contributed by atoms with E-state index in [2.05, 4.69) is 5.32 Å². The van der Waals surface area contributed by atoms with Crippen LogP contribution in [0.2, 0.25) is 0 Å². The number of allylic oxidation sites excluding steroid dienone is 1. The van der Waals surface area contributed by atoms with Gasteiger partial charge in [0.15, 0.2) is 0 Å². The molecular formula is C8H15NO. The molecule has 58 valence electrons. The van der Waals surface area contributed by atoms with Gasteiger partial charge in [-0.3, -0.25) is 0 Å². The summed E-state index contributed by atoms with van der Waals surface area (Å²) >= 11 is 0. The van der Waals surface area contributed by atoms with Gasteiger partial charge in [0.25, 0.3) is 0 Å². The fraction of sp³-hybridized carbons (Fsp3) is 0.625. The van der Waals surface area contributed by atoms with Gasteiger partial charge < -0.3 is 10.1 Å². The zero-order chi connectivity index (χ0) is 7.82.